The number of nitriles is 2. The van der Waals surface area contributed by atoms with Crippen molar-refractivity contribution in [2.45, 2.75) is 51.4 Å². The highest BCUT2D eigenvalue weighted by molar-refractivity contribution is 6.00. The molecule has 2 aliphatic rings. The molecule has 4 atom stereocenters. The van der Waals surface area contributed by atoms with E-state index in [1.807, 2.05) is 66.7 Å². The van der Waals surface area contributed by atoms with Crippen molar-refractivity contribution < 1.29 is 0 Å². The Kier molecular flexibility index (Phi) is 9.82. The Balaban J connectivity index is 1.10. The molecule has 0 N–H and O–H groups in total. The molecule has 10 rings (SSSR count). The Bertz CT molecular complexity index is 2970. The van der Waals surface area contributed by atoms with Gasteiger partial charge in [-0.3, -0.25) is 0 Å². The zero-order valence-corrected chi connectivity index (χ0v) is 34.5. The Labute approximate surface area is 358 Å². The first-order chi connectivity index (χ1) is 29.8. The topological polar surface area (TPSA) is 86.2 Å². The first kappa shape index (κ1) is 38.0. The number of aromatic nitrogens is 3. The smallest absolute Gasteiger partial charge is 0.164 e. The van der Waals surface area contributed by atoms with Gasteiger partial charge in [-0.15, -0.1) is 0 Å². The van der Waals surface area contributed by atoms with Gasteiger partial charge in [0.1, 0.15) is 0 Å². The van der Waals surface area contributed by atoms with Crippen LogP contribution in [-0.4, -0.2) is 15.0 Å². The third-order valence-electron chi connectivity index (χ3n) is 13.2. The molecule has 2 bridgehead atoms. The Hall–Kier alpha value is -7.21. The van der Waals surface area contributed by atoms with E-state index < -0.39 is 0 Å². The van der Waals surface area contributed by atoms with Gasteiger partial charge in [0.15, 0.2) is 17.5 Å². The Morgan fingerprint density at radius 1 is 0.459 bits per heavy atom. The summed E-state index contributed by atoms with van der Waals surface area (Å²) in [5.74, 6) is 4.03. The molecule has 5 heteroatoms. The molecule has 5 nitrogen and oxygen atoms in total. The monoisotopic (exact) mass is 787 g/mol. The number of hydrogen-bond donors (Lipinski definition) is 0. The average Bonchev–Trinajstić information content (AvgIpc) is 3.31. The van der Waals surface area contributed by atoms with Crippen molar-refractivity contribution in [1.82, 2.24) is 15.0 Å². The lowest BCUT2D eigenvalue weighted by atomic mass is 9.54. The van der Waals surface area contributed by atoms with Crippen LogP contribution in [0.25, 0.3) is 78.3 Å². The maximum absolute atomic E-state index is 9.79. The largest absolute Gasteiger partial charge is 0.208 e. The van der Waals surface area contributed by atoms with Gasteiger partial charge in [0.05, 0.1) is 23.3 Å². The first-order valence-electron chi connectivity index (χ1n) is 21.5. The summed E-state index contributed by atoms with van der Waals surface area (Å²) >= 11 is 0. The van der Waals surface area contributed by atoms with Gasteiger partial charge in [-0.25, -0.2) is 15.0 Å². The van der Waals surface area contributed by atoms with Crippen molar-refractivity contribution in [2.24, 2.45) is 17.8 Å². The van der Waals surface area contributed by atoms with E-state index in [4.69, 9.17) is 15.0 Å². The lowest BCUT2D eigenvalue weighted by Crippen LogP contribution is -2.42. The van der Waals surface area contributed by atoms with E-state index in [-0.39, 0.29) is 5.41 Å². The van der Waals surface area contributed by atoms with Crippen LogP contribution in [0.4, 0.5) is 0 Å². The molecule has 8 aromatic rings. The Morgan fingerprint density at radius 3 is 1.57 bits per heavy atom. The summed E-state index contributed by atoms with van der Waals surface area (Å²) in [6, 6.07) is 58.9. The number of hydrogen-bond acceptors (Lipinski definition) is 5. The molecular formula is C56H45N5. The van der Waals surface area contributed by atoms with E-state index in [2.05, 4.69) is 105 Å². The lowest BCUT2D eigenvalue weighted by molar-refractivity contribution is 0.0780. The molecule has 0 radical (unpaired) electrons. The minimum Gasteiger partial charge on any atom is -0.208 e. The molecule has 61 heavy (non-hydrogen) atoms. The van der Waals surface area contributed by atoms with Gasteiger partial charge < -0.3 is 0 Å². The number of rotatable bonds is 7. The average molecular weight is 788 g/mol. The zero-order chi connectivity index (χ0) is 41.5. The fourth-order valence-corrected chi connectivity index (χ4v) is 10.7. The van der Waals surface area contributed by atoms with Gasteiger partial charge in [-0.2, -0.15) is 10.5 Å². The third kappa shape index (κ3) is 7.39. The van der Waals surface area contributed by atoms with Crippen molar-refractivity contribution in [3.05, 3.63) is 174 Å². The third-order valence-corrected chi connectivity index (χ3v) is 13.2. The summed E-state index contributed by atoms with van der Waals surface area (Å²) in [6.45, 7) is 4.91. The van der Waals surface area contributed by atoms with Crippen molar-refractivity contribution in [2.75, 3.05) is 0 Å². The number of nitrogens with zero attached hydrogens (tertiary/aromatic N) is 5. The zero-order valence-electron chi connectivity index (χ0n) is 34.5. The fraction of sp³-hybridized carbons (Fsp3) is 0.196. The number of fused-ring (bicyclic) bond motifs is 3. The maximum Gasteiger partial charge on any atom is 0.164 e. The van der Waals surface area contributed by atoms with E-state index >= 15 is 0 Å². The summed E-state index contributed by atoms with van der Waals surface area (Å²) in [6.07, 6.45) is 6.57. The predicted molar refractivity (Wildman–Crippen MR) is 246 cm³/mol. The highest BCUT2D eigenvalue weighted by atomic mass is 15.0. The van der Waals surface area contributed by atoms with E-state index in [1.54, 1.807) is 12.1 Å². The summed E-state index contributed by atoms with van der Waals surface area (Å²) in [4.78, 5) is 15.2. The molecule has 0 aliphatic heterocycles. The molecule has 0 saturated heterocycles. The normalized spacial score (nSPS) is 19.5. The molecule has 0 spiro atoms. The fourth-order valence-electron chi connectivity index (χ4n) is 10.7. The van der Waals surface area contributed by atoms with Crippen LogP contribution in [-0.2, 0) is 5.41 Å². The van der Waals surface area contributed by atoms with Crippen LogP contribution in [0.3, 0.4) is 0 Å². The van der Waals surface area contributed by atoms with Crippen molar-refractivity contribution in [3.63, 3.8) is 0 Å². The van der Waals surface area contributed by atoms with E-state index in [1.165, 1.54) is 37.7 Å². The van der Waals surface area contributed by atoms with Crippen LogP contribution in [0.5, 0.6) is 0 Å². The molecule has 7 aromatic carbocycles. The molecule has 1 aromatic heterocycles. The second-order valence-electron chi connectivity index (χ2n) is 17.6. The van der Waals surface area contributed by atoms with Crippen LogP contribution in [0.2, 0.25) is 0 Å². The number of benzene rings is 7. The van der Waals surface area contributed by atoms with Gasteiger partial charge in [-0.05, 0) is 148 Å². The summed E-state index contributed by atoms with van der Waals surface area (Å²) < 4.78 is 0. The van der Waals surface area contributed by atoms with Crippen molar-refractivity contribution >= 4 is 10.8 Å². The van der Waals surface area contributed by atoms with Crippen LogP contribution < -0.4 is 0 Å². The van der Waals surface area contributed by atoms with Gasteiger partial charge >= 0.3 is 0 Å². The summed E-state index contributed by atoms with van der Waals surface area (Å²) in [5, 5.41) is 21.3. The minimum atomic E-state index is 0.258. The van der Waals surface area contributed by atoms with Gasteiger partial charge in [0.25, 0.3) is 0 Å². The molecule has 1 unspecified atom stereocenters. The van der Waals surface area contributed by atoms with Crippen LogP contribution in [0.15, 0.2) is 158 Å². The maximum atomic E-state index is 9.79. The molecule has 294 valence electrons. The highest BCUT2D eigenvalue weighted by Crippen LogP contribution is 2.54. The van der Waals surface area contributed by atoms with Crippen LogP contribution >= 0.6 is 0 Å². The minimum absolute atomic E-state index is 0.258. The van der Waals surface area contributed by atoms with Gasteiger partial charge in [0.2, 0.25) is 0 Å². The van der Waals surface area contributed by atoms with E-state index in [9.17, 15) is 10.5 Å². The molecule has 1 heterocycles. The van der Waals surface area contributed by atoms with Crippen LogP contribution in [0, 0.1) is 40.4 Å². The Morgan fingerprint density at radius 2 is 0.967 bits per heavy atom. The van der Waals surface area contributed by atoms with Gasteiger partial charge in [-0.1, -0.05) is 123 Å². The first-order valence-corrected chi connectivity index (χ1v) is 21.5. The standard InChI is InChI=1S/C56H45N5/c1-36-26-39-27-37(2)32-56(31-36,33-39)49-23-20-41(21-24-49)47-28-46(40-16-18-42(19-17-40)51-25-22-45(35-58)50-10-6-7-11-52(50)51)29-48(30-47)55-60-53(43-8-4-3-5-9-43)59-54(61-55)44-14-12-38(34-57)13-15-44/h3-25,28-30,36-37,39H,26-27,31-33H2,1-2H3/t36-,37+,39-,56?. The van der Waals surface area contributed by atoms with E-state index in [0.717, 1.165) is 78.6 Å². The SMILES string of the molecule is C[C@@H]1C[C@@H]2C[C@H](C)CC(c3ccc(-c4cc(-c5ccc(-c6ccc(C#N)c7ccccc67)cc5)cc(-c5nc(-c6ccccc6)nc(-c6ccc(C#N)cc6)n5)c4)cc3)(C1)C2. The predicted octanol–water partition coefficient (Wildman–Crippen LogP) is 13.9. The van der Waals surface area contributed by atoms with Crippen molar-refractivity contribution in [3.8, 4) is 79.7 Å². The summed E-state index contributed by atoms with van der Waals surface area (Å²) in [7, 11) is 0. The molecule has 0 amide bonds. The highest BCUT2D eigenvalue weighted by Gasteiger charge is 2.45. The van der Waals surface area contributed by atoms with E-state index in [0.29, 0.717) is 28.6 Å². The van der Waals surface area contributed by atoms with Crippen molar-refractivity contribution in [1.29, 1.82) is 10.5 Å². The quantitative estimate of drug-likeness (QED) is 0.161. The molecule has 2 fully saturated rings. The summed E-state index contributed by atoms with van der Waals surface area (Å²) in [5.41, 5.74) is 12.1. The molecule has 2 aliphatic carbocycles. The lowest BCUT2D eigenvalue weighted by Gasteiger charge is -2.50. The van der Waals surface area contributed by atoms with Gasteiger partial charge in [0, 0.05) is 22.1 Å². The second kappa shape index (κ2) is 15.8. The molecule has 2 saturated carbocycles. The second-order valence-corrected chi connectivity index (χ2v) is 17.6. The van der Waals surface area contributed by atoms with Crippen LogP contribution in [0.1, 0.15) is 62.6 Å². The molecular weight excluding hydrogens is 743 g/mol.